The highest BCUT2D eigenvalue weighted by Gasteiger charge is 2.30. The van der Waals surface area contributed by atoms with Gasteiger partial charge in [0.2, 0.25) is 5.91 Å². The van der Waals surface area contributed by atoms with Crippen molar-refractivity contribution in [1.29, 1.82) is 0 Å². The number of nitrogens with zero attached hydrogens (tertiary/aromatic N) is 4. The molecule has 0 bridgehead atoms. The van der Waals surface area contributed by atoms with Gasteiger partial charge in [0, 0.05) is 19.5 Å². The second-order valence-corrected chi connectivity index (χ2v) is 6.17. The molecule has 0 spiro atoms. The Morgan fingerprint density at radius 3 is 2.91 bits per heavy atom. The minimum absolute atomic E-state index is 0.0479. The van der Waals surface area contributed by atoms with Crippen LogP contribution in [0.1, 0.15) is 25.7 Å². The SMILES string of the molecule is O=C(CCn1nnc2ccccc21)N1CCC[C@@](O)(CO)CC1. The lowest BCUT2D eigenvalue weighted by Gasteiger charge is -2.24. The minimum atomic E-state index is -1.04. The first-order valence-electron chi connectivity index (χ1n) is 8.01. The van der Waals surface area contributed by atoms with Crippen molar-refractivity contribution < 1.29 is 15.0 Å². The van der Waals surface area contributed by atoms with Crippen molar-refractivity contribution >= 4 is 16.9 Å². The monoisotopic (exact) mass is 318 g/mol. The van der Waals surface area contributed by atoms with E-state index in [1.165, 1.54) is 0 Å². The van der Waals surface area contributed by atoms with Crippen LogP contribution in [0.2, 0.25) is 0 Å². The fraction of sp³-hybridized carbons (Fsp3) is 0.562. The number of fused-ring (bicyclic) bond motifs is 1. The Bertz CT molecular complexity index is 687. The van der Waals surface area contributed by atoms with Gasteiger partial charge in [-0.3, -0.25) is 4.79 Å². The second kappa shape index (κ2) is 6.64. The molecule has 1 atom stereocenters. The van der Waals surface area contributed by atoms with Gasteiger partial charge in [-0.25, -0.2) is 4.68 Å². The smallest absolute Gasteiger partial charge is 0.224 e. The van der Waals surface area contributed by atoms with Crippen LogP contribution in [0.5, 0.6) is 0 Å². The van der Waals surface area contributed by atoms with E-state index in [1.807, 2.05) is 24.3 Å². The highest BCUT2D eigenvalue weighted by Crippen LogP contribution is 2.22. The van der Waals surface area contributed by atoms with Crippen molar-refractivity contribution in [2.45, 2.75) is 37.8 Å². The summed E-state index contributed by atoms with van der Waals surface area (Å²) in [7, 11) is 0. The number of aryl methyl sites for hydroxylation is 1. The molecule has 1 aliphatic heterocycles. The Hall–Kier alpha value is -1.99. The number of aromatic nitrogens is 3. The summed E-state index contributed by atoms with van der Waals surface area (Å²) in [6.07, 6.45) is 2.00. The average Bonchev–Trinajstić information content (AvgIpc) is 2.88. The van der Waals surface area contributed by atoms with Gasteiger partial charge in [0.25, 0.3) is 0 Å². The van der Waals surface area contributed by atoms with E-state index in [4.69, 9.17) is 0 Å². The Labute approximate surface area is 134 Å². The number of para-hydroxylation sites is 1. The van der Waals surface area contributed by atoms with Crippen molar-refractivity contribution in [2.24, 2.45) is 0 Å². The summed E-state index contributed by atoms with van der Waals surface area (Å²) in [4.78, 5) is 14.2. The van der Waals surface area contributed by atoms with E-state index in [0.29, 0.717) is 45.3 Å². The summed E-state index contributed by atoms with van der Waals surface area (Å²) in [6.45, 7) is 1.34. The molecular formula is C16H22N4O3. The Balaban J connectivity index is 1.59. The Morgan fingerprint density at radius 2 is 2.09 bits per heavy atom. The highest BCUT2D eigenvalue weighted by atomic mass is 16.3. The number of carbonyl (C=O) groups is 1. The second-order valence-electron chi connectivity index (χ2n) is 6.17. The number of aliphatic hydroxyl groups is 2. The first-order chi connectivity index (χ1) is 11.1. The maximum absolute atomic E-state index is 12.4. The number of hydrogen-bond acceptors (Lipinski definition) is 5. The molecule has 1 aromatic carbocycles. The third kappa shape index (κ3) is 3.51. The van der Waals surface area contributed by atoms with Crippen molar-refractivity contribution in [3.8, 4) is 0 Å². The highest BCUT2D eigenvalue weighted by molar-refractivity contribution is 5.77. The molecule has 3 rings (SSSR count). The van der Waals surface area contributed by atoms with Gasteiger partial charge < -0.3 is 15.1 Å². The number of aliphatic hydroxyl groups excluding tert-OH is 1. The first kappa shape index (κ1) is 15.9. The Kier molecular flexibility index (Phi) is 4.58. The molecule has 0 radical (unpaired) electrons. The van der Waals surface area contributed by atoms with Gasteiger partial charge in [-0.15, -0.1) is 5.10 Å². The van der Waals surface area contributed by atoms with Crippen LogP contribution < -0.4 is 0 Å². The van der Waals surface area contributed by atoms with Gasteiger partial charge in [0.15, 0.2) is 0 Å². The number of benzene rings is 1. The molecule has 0 saturated carbocycles. The van der Waals surface area contributed by atoms with Crippen LogP contribution >= 0.6 is 0 Å². The van der Waals surface area contributed by atoms with E-state index in [9.17, 15) is 15.0 Å². The zero-order valence-corrected chi connectivity index (χ0v) is 13.1. The zero-order valence-electron chi connectivity index (χ0n) is 13.1. The van der Waals surface area contributed by atoms with Crippen LogP contribution in [-0.4, -0.2) is 61.3 Å². The Morgan fingerprint density at radius 1 is 1.26 bits per heavy atom. The van der Waals surface area contributed by atoms with Gasteiger partial charge in [-0.2, -0.15) is 0 Å². The predicted molar refractivity (Wildman–Crippen MR) is 84.6 cm³/mol. The zero-order chi connectivity index (χ0) is 16.3. The van der Waals surface area contributed by atoms with Crippen LogP contribution in [0.3, 0.4) is 0 Å². The molecule has 7 nitrogen and oxygen atoms in total. The largest absolute Gasteiger partial charge is 0.393 e. The van der Waals surface area contributed by atoms with Gasteiger partial charge in [0.1, 0.15) is 5.52 Å². The van der Waals surface area contributed by atoms with E-state index >= 15 is 0 Å². The lowest BCUT2D eigenvalue weighted by molar-refractivity contribution is -0.131. The third-order valence-electron chi connectivity index (χ3n) is 4.52. The number of rotatable bonds is 4. The summed E-state index contributed by atoms with van der Waals surface area (Å²) in [5.74, 6) is 0.0479. The van der Waals surface area contributed by atoms with Gasteiger partial charge >= 0.3 is 0 Å². The molecule has 124 valence electrons. The fourth-order valence-corrected chi connectivity index (χ4v) is 3.03. The fourth-order valence-electron chi connectivity index (χ4n) is 3.03. The number of carbonyl (C=O) groups excluding carboxylic acids is 1. The molecule has 1 amide bonds. The minimum Gasteiger partial charge on any atom is -0.393 e. The van der Waals surface area contributed by atoms with Crippen molar-refractivity contribution in [3.63, 3.8) is 0 Å². The quantitative estimate of drug-likeness (QED) is 0.859. The maximum atomic E-state index is 12.4. The molecule has 2 N–H and O–H groups in total. The summed E-state index contributed by atoms with van der Waals surface area (Å²) >= 11 is 0. The van der Waals surface area contributed by atoms with Crippen molar-refractivity contribution in [1.82, 2.24) is 19.9 Å². The maximum Gasteiger partial charge on any atom is 0.224 e. The van der Waals surface area contributed by atoms with Gasteiger partial charge in [-0.1, -0.05) is 17.3 Å². The van der Waals surface area contributed by atoms with Crippen molar-refractivity contribution in [3.05, 3.63) is 24.3 Å². The molecule has 7 heteroatoms. The molecule has 0 unspecified atom stereocenters. The van der Waals surface area contributed by atoms with Gasteiger partial charge in [-0.05, 0) is 31.4 Å². The number of likely N-dealkylation sites (tertiary alicyclic amines) is 1. The summed E-state index contributed by atoms with van der Waals surface area (Å²) in [5.41, 5.74) is 0.700. The molecule has 0 aliphatic carbocycles. The molecule has 2 heterocycles. The van der Waals surface area contributed by atoms with Crippen LogP contribution in [0.25, 0.3) is 11.0 Å². The van der Waals surface area contributed by atoms with E-state index in [1.54, 1.807) is 9.58 Å². The molecule has 1 fully saturated rings. The molecule has 1 aliphatic rings. The third-order valence-corrected chi connectivity index (χ3v) is 4.52. The van der Waals surface area contributed by atoms with Crippen LogP contribution in [-0.2, 0) is 11.3 Å². The van der Waals surface area contributed by atoms with Crippen LogP contribution in [0, 0.1) is 0 Å². The molecule has 23 heavy (non-hydrogen) atoms. The van der Waals surface area contributed by atoms with Crippen LogP contribution in [0.15, 0.2) is 24.3 Å². The van der Waals surface area contributed by atoms with E-state index in [0.717, 1.165) is 11.0 Å². The molecular weight excluding hydrogens is 296 g/mol. The van der Waals surface area contributed by atoms with E-state index < -0.39 is 5.60 Å². The van der Waals surface area contributed by atoms with E-state index in [-0.39, 0.29) is 12.5 Å². The van der Waals surface area contributed by atoms with Crippen molar-refractivity contribution in [2.75, 3.05) is 19.7 Å². The summed E-state index contributed by atoms with van der Waals surface area (Å²) in [5, 5.41) is 27.6. The molecule has 2 aromatic rings. The molecule has 1 aromatic heterocycles. The summed E-state index contributed by atoms with van der Waals surface area (Å²) < 4.78 is 1.75. The lowest BCUT2D eigenvalue weighted by atomic mass is 9.96. The normalized spacial score (nSPS) is 22.3. The average molecular weight is 318 g/mol. The van der Waals surface area contributed by atoms with E-state index in [2.05, 4.69) is 10.3 Å². The molecule has 1 saturated heterocycles. The number of amides is 1. The predicted octanol–water partition coefficient (Wildman–Crippen LogP) is 0.557. The first-order valence-corrected chi connectivity index (χ1v) is 8.01. The van der Waals surface area contributed by atoms with Gasteiger partial charge in [0.05, 0.1) is 24.3 Å². The topological polar surface area (TPSA) is 91.5 Å². The lowest BCUT2D eigenvalue weighted by Crippen LogP contribution is -2.36. The number of hydrogen-bond donors (Lipinski definition) is 2. The summed E-state index contributed by atoms with van der Waals surface area (Å²) in [6, 6.07) is 7.67. The van der Waals surface area contributed by atoms with Crippen LogP contribution in [0.4, 0.5) is 0 Å². The standard InChI is InChI=1S/C16H22N4O3/c21-12-16(23)7-3-9-19(11-8-16)15(22)6-10-20-14-5-2-1-4-13(14)17-18-20/h1-2,4-5,21,23H,3,6-12H2/t16-/m0/s1.